The molecule has 136 valence electrons. The lowest BCUT2D eigenvalue weighted by Crippen LogP contribution is -2.45. The van der Waals surface area contributed by atoms with Crippen LogP contribution in [-0.4, -0.2) is 53.8 Å². The molecule has 1 atom stereocenters. The van der Waals surface area contributed by atoms with Gasteiger partial charge in [0.15, 0.2) is 0 Å². The van der Waals surface area contributed by atoms with Gasteiger partial charge in [0.2, 0.25) is 5.43 Å². The number of anilines is 1. The van der Waals surface area contributed by atoms with Crippen LogP contribution in [0.15, 0.2) is 23.1 Å². The van der Waals surface area contributed by atoms with E-state index in [1.54, 1.807) is 4.57 Å². The number of piperazine rings is 1. The molecule has 4 rings (SSSR count). The molecule has 0 spiro atoms. The van der Waals surface area contributed by atoms with Crippen LogP contribution >= 0.6 is 0 Å². The third-order valence-corrected chi connectivity index (χ3v) is 5.31. The van der Waals surface area contributed by atoms with Gasteiger partial charge < -0.3 is 19.5 Å². The molecule has 2 aromatic rings. The van der Waals surface area contributed by atoms with Gasteiger partial charge in [0.1, 0.15) is 11.4 Å². The third-order valence-electron chi connectivity index (χ3n) is 5.31. The maximum absolute atomic E-state index is 15.0. The zero-order valence-corrected chi connectivity index (χ0v) is 14.7. The predicted molar refractivity (Wildman–Crippen MR) is 98.6 cm³/mol. The van der Waals surface area contributed by atoms with Crippen LogP contribution in [-0.2, 0) is 0 Å². The van der Waals surface area contributed by atoms with E-state index < -0.39 is 17.2 Å². The minimum absolute atomic E-state index is 0.116. The number of pyridine rings is 1. The van der Waals surface area contributed by atoms with E-state index in [2.05, 4.69) is 4.90 Å². The van der Waals surface area contributed by atoms with E-state index in [9.17, 15) is 14.7 Å². The standard InChI is InChI=1S/C19H20FN3O3/c1-11-3-4-12-16-13(18(24)14(19(25)26)10-23(11)16)9-15(20)17(12)22-7-5-21(2)6-8-22/h3-4,9-11H,5-8H2,1-2H3,(H,25,26). The first-order valence-corrected chi connectivity index (χ1v) is 8.65. The van der Waals surface area contributed by atoms with Gasteiger partial charge >= 0.3 is 5.97 Å². The Hall–Kier alpha value is -2.67. The van der Waals surface area contributed by atoms with E-state index in [-0.39, 0.29) is 17.0 Å². The summed E-state index contributed by atoms with van der Waals surface area (Å²) < 4.78 is 16.8. The summed E-state index contributed by atoms with van der Waals surface area (Å²) in [6, 6.07) is 1.08. The summed E-state index contributed by atoms with van der Waals surface area (Å²) in [6.45, 7) is 4.98. The van der Waals surface area contributed by atoms with Gasteiger partial charge in [0.05, 0.1) is 16.6 Å². The van der Waals surface area contributed by atoms with Crippen LogP contribution in [0.3, 0.4) is 0 Å². The number of carboxylic acid groups (broad SMARTS) is 1. The molecule has 0 amide bonds. The lowest BCUT2D eigenvalue weighted by atomic mass is 9.98. The summed E-state index contributed by atoms with van der Waals surface area (Å²) in [6.07, 6.45) is 5.12. The quantitative estimate of drug-likeness (QED) is 0.892. The molecule has 0 radical (unpaired) electrons. The summed E-state index contributed by atoms with van der Waals surface area (Å²) in [5.74, 6) is -1.78. The average molecular weight is 357 g/mol. The number of nitrogens with zero attached hydrogens (tertiary/aromatic N) is 3. The minimum Gasteiger partial charge on any atom is -0.477 e. The van der Waals surface area contributed by atoms with Gasteiger partial charge in [-0.25, -0.2) is 9.18 Å². The number of hydrogen-bond acceptors (Lipinski definition) is 4. The topological polar surface area (TPSA) is 65.8 Å². The molecule has 1 N–H and O–H groups in total. The number of benzene rings is 1. The van der Waals surface area contributed by atoms with Crippen LogP contribution in [0.1, 0.15) is 28.9 Å². The number of aromatic carboxylic acids is 1. The van der Waals surface area contributed by atoms with Crippen LogP contribution in [0.25, 0.3) is 17.0 Å². The lowest BCUT2D eigenvalue weighted by molar-refractivity contribution is 0.0695. The number of halogens is 1. The number of aromatic nitrogens is 1. The van der Waals surface area contributed by atoms with E-state index in [0.717, 1.165) is 13.1 Å². The van der Waals surface area contributed by atoms with Crippen LogP contribution < -0.4 is 10.3 Å². The van der Waals surface area contributed by atoms with Crippen molar-refractivity contribution in [1.29, 1.82) is 0 Å². The molecule has 2 aliphatic heterocycles. The Bertz CT molecular complexity index is 1000. The van der Waals surface area contributed by atoms with E-state index in [0.29, 0.717) is 29.9 Å². The number of carbonyl (C=O) groups is 1. The number of likely N-dealkylation sites (N-methyl/N-ethyl adjacent to an activating group) is 1. The van der Waals surface area contributed by atoms with Crippen molar-refractivity contribution in [2.75, 3.05) is 38.1 Å². The number of hydrogen-bond donors (Lipinski definition) is 1. The fourth-order valence-electron chi connectivity index (χ4n) is 3.82. The molecule has 2 aliphatic rings. The van der Waals surface area contributed by atoms with E-state index in [1.165, 1.54) is 12.3 Å². The Kier molecular flexibility index (Phi) is 3.84. The Labute approximate surface area is 149 Å². The fraction of sp³-hybridized carbons (Fsp3) is 0.368. The van der Waals surface area contributed by atoms with Gasteiger partial charge in [-0.15, -0.1) is 0 Å². The molecule has 0 aliphatic carbocycles. The summed E-state index contributed by atoms with van der Waals surface area (Å²) in [5, 5.41) is 9.45. The van der Waals surface area contributed by atoms with Gasteiger partial charge in [0.25, 0.3) is 0 Å². The van der Waals surface area contributed by atoms with Crippen molar-refractivity contribution in [3.05, 3.63) is 45.5 Å². The molecule has 6 nitrogen and oxygen atoms in total. The number of allylic oxidation sites excluding steroid dienone is 1. The molecule has 0 bridgehead atoms. The minimum atomic E-state index is -1.30. The molecule has 1 unspecified atom stereocenters. The summed E-state index contributed by atoms with van der Waals surface area (Å²) >= 11 is 0. The number of rotatable bonds is 2. The molecule has 7 heteroatoms. The van der Waals surface area contributed by atoms with E-state index in [1.807, 2.05) is 31.0 Å². The van der Waals surface area contributed by atoms with Crippen molar-refractivity contribution in [2.45, 2.75) is 13.0 Å². The summed E-state index contributed by atoms with van der Waals surface area (Å²) in [4.78, 5) is 28.2. The second-order valence-electron chi connectivity index (χ2n) is 6.99. The Morgan fingerprint density at radius 2 is 1.96 bits per heavy atom. The lowest BCUT2D eigenvalue weighted by Gasteiger charge is -2.36. The van der Waals surface area contributed by atoms with E-state index in [4.69, 9.17) is 0 Å². The highest BCUT2D eigenvalue weighted by Crippen LogP contribution is 2.37. The molecular formula is C19H20FN3O3. The molecule has 1 saturated heterocycles. The van der Waals surface area contributed by atoms with Gasteiger partial charge in [-0.1, -0.05) is 12.2 Å². The van der Waals surface area contributed by atoms with Crippen molar-refractivity contribution >= 4 is 28.6 Å². The van der Waals surface area contributed by atoms with Gasteiger partial charge in [0, 0.05) is 44.0 Å². The smallest absolute Gasteiger partial charge is 0.341 e. The second-order valence-corrected chi connectivity index (χ2v) is 6.99. The molecule has 3 heterocycles. The molecule has 0 saturated carbocycles. The maximum atomic E-state index is 15.0. The van der Waals surface area contributed by atoms with Gasteiger partial charge in [-0.2, -0.15) is 0 Å². The normalized spacial score (nSPS) is 20.0. The molecule has 1 fully saturated rings. The molecular weight excluding hydrogens is 337 g/mol. The van der Waals surface area contributed by atoms with Crippen molar-refractivity contribution in [1.82, 2.24) is 9.47 Å². The second kappa shape index (κ2) is 5.95. The van der Waals surface area contributed by atoms with Crippen LogP contribution in [0, 0.1) is 5.82 Å². The third kappa shape index (κ3) is 2.42. The van der Waals surface area contributed by atoms with Crippen LogP contribution in [0.4, 0.5) is 10.1 Å². The monoisotopic (exact) mass is 357 g/mol. The first-order chi connectivity index (χ1) is 12.4. The zero-order chi connectivity index (χ0) is 18.6. The summed E-state index contributed by atoms with van der Waals surface area (Å²) in [5.41, 5.74) is 0.765. The van der Waals surface area contributed by atoms with Crippen LogP contribution in [0.2, 0.25) is 0 Å². The van der Waals surface area contributed by atoms with Crippen molar-refractivity contribution in [3.63, 3.8) is 0 Å². The predicted octanol–water partition coefficient (Wildman–Crippen LogP) is 2.18. The Morgan fingerprint density at radius 3 is 2.62 bits per heavy atom. The highest BCUT2D eigenvalue weighted by atomic mass is 19.1. The highest BCUT2D eigenvalue weighted by molar-refractivity contribution is 5.99. The Balaban J connectivity index is 2.02. The molecule has 1 aromatic heterocycles. The van der Waals surface area contributed by atoms with Crippen molar-refractivity contribution < 1.29 is 14.3 Å². The average Bonchev–Trinajstić information content (AvgIpc) is 2.60. The largest absolute Gasteiger partial charge is 0.477 e. The summed E-state index contributed by atoms with van der Waals surface area (Å²) in [7, 11) is 2.03. The first-order valence-electron chi connectivity index (χ1n) is 8.65. The van der Waals surface area contributed by atoms with Crippen LogP contribution in [0.5, 0.6) is 0 Å². The molecule has 26 heavy (non-hydrogen) atoms. The van der Waals surface area contributed by atoms with Crippen molar-refractivity contribution in [3.8, 4) is 0 Å². The van der Waals surface area contributed by atoms with Crippen molar-refractivity contribution in [2.24, 2.45) is 0 Å². The number of carboxylic acids is 1. The maximum Gasteiger partial charge on any atom is 0.341 e. The van der Waals surface area contributed by atoms with Gasteiger partial charge in [-0.05, 0) is 20.0 Å². The molecule has 1 aromatic carbocycles. The first kappa shape index (κ1) is 16.8. The zero-order valence-electron chi connectivity index (χ0n) is 14.7. The van der Waals surface area contributed by atoms with E-state index >= 15 is 4.39 Å². The highest BCUT2D eigenvalue weighted by Gasteiger charge is 2.27. The SMILES string of the molecule is CC1C=Cc2c(N3CCN(C)CC3)c(F)cc3c(=O)c(C(=O)O)cn1c23. The van der Waals surface area contributed by atoms with Gasteiger partial charge in [-0.3, -0.25) is 4.79 Å². The Morgan fingerprint density at radius 1 is 1.27 bits per heavy atom. The fourth-order valence-corrected chi connectivity index (χ4v) is 3.82.